The van der Waals surface area contributed by atoms with Gasteiger partial charge in [0.05, 0.1) is 5.84 Å². The Morgan fingerprint density at radius 2 is 2.20 bits per heavy atom. The molecule has 3 N–H and O–H groups in total. The number of aryl methyl sites for hydroxylation is 1. The van der Waals surface area contributed by atoms with Gasteiger partial charge in [0.1, 0.15) is 0 Å². The first-order valence-corrected chi connectivity index (χ1v) is 7.75. The summed E-state index contributed by atoms with van der Waals surface area (Å²) in [6.45, 7) is 7.24. The smallest absolute Gasteiger partial charge is 0.0947 e. The van der Waals surface area contributed by atoms with Crippen LogP contribution >= 0.6 is 0 Å². The van der Waals surface area contributed by atoms with Gasteiger partial charge in [0.15, 0.2) is 0 Å². The number of nitrogens with zero attached hydrogens (tertiary/aromatic N) is 1. The van der Waals surface area contributed by atoms with Crippen LogP contribution in [0, 0.1) is 11.3 Å². The van der Waals surface area contributed by atoms with E-state index >= 15 is 0 Å². The van der Waals surface area contributed by atoms with E-state index in [0.717, 1.165) is 19.6 Å². The number of hydrogen-bond acceptors (Lipinski definition) is 2. The van der Waals surface area contributed by atoms with E-state index < -0.39 is 0 Å². The second kappa shape index (κ2) is 6.89. The summed E-state index contributed by atoms with van der Waals surface area (Å²) in [7, 11) is 0. The van der Waals surface area contributed by atoms with Gasteiger partial charge in [-0.05, 0) is 42.9 Å². The molecule has 2 unspecified atom stereocenters. The molecule has 0 spiro atoms. The molecule has 3 nitrogen and oxygen atoms in total. The number of likely N-dealkylation sites (N-methyl/N-ethyl adjacent to an activating group) is 1. The molecule has 1 aliphatic carbocycles. The molecule has 1 aliphatic rings. The van der Waals surface area contributed by atoms with Crippen LogP contribution in [0.25, 0.3) is 0 Å². The van der Waals surface area contributed by atoms with Crippen molar-refractivity contribution in [2.45, 2.75) is 39.0 Å². The minimum absolute atomic E-state index is 0.147. The molecular weight excluding hydrogens is 246 g/mol. The molecule has 0 radical (unpaired) electrons. The monoisotopic (exact) mass is 273 g/mol. The highest BCUT2D eigenvalue weighted by Crippen LogP contribution is 2.32. The fraction of sp³-hybridized carbons (Fsp3) is 0.588. The molecule has 1 aromatic carbocycles. The molecule has 0 fully saturated rings. The average Bonchev–Trinajstić information content (AvgIpc) is 2.46. The Hall–Kier alpha value is -1.35. The normalized spacial score (nSPS) is 19.6. The second-order valence-corrected chi connectivity index (χ2v) is 6.00. The third kappa shape index (κ3) is 3.60. The van der Waals surface area contributed by atoms with Gasteiger partial charge in [-0.2, -0.15) is 0 Å². The first-order valence-electron chi connectivity index (χ1n) is 7.75. The van der Waals surface area contributed by atoms with E-state index in [-0.39, 0.29) is 5.92 Å². The highest BCUT2D eigenvalue weighted by atomic mass is 15.1. The summed E-state index contributed by atoms with van der Waals surface area (Å²) in [6, 6.07) is 8.87. The standard InChI is InChI=1S/C17H27N3/c1-3-20(11-13(2)17(18)19)12-15-9-6-8-14-7-4-5-10-16(14)15/h4-5,7,10,13,15H,3,6,8-9,11-12H2,1-2H3,(H3,18,19). The molecule has 2 atom stereocenters. The van der Waals surface area contributed by atoms with Gasteiger partial charge < -0.3 is 10.6 Å². The summed E-state index contributed by atoms with van der Waals surface area (Å²) in [5.74, 6) is 1.08. The maximum Gasteiger partial charge on any atom is 0.0947 e. The lowest BCUT2D eigenvalue weighted by molar-refractivity contribution is 0.245. The molecule has 0 aliphatic heterocycles. The minimum Gasteiger partial charge on any atom is -0.387 e. The lowest BCUT2D eigenvalue weighted by Gasteiger charge is -2.32. The van der Waals surface area contributed by atoms with Gasteiger partial charge in [-0.25, -0.2) is 0 Å². The van der Waals surface area contributed by atoms with Crippen LogP contribution in [0.5, 0.6) is 0 Å². The van der Waals surface area contributed by atoms with Crippen molar-refractivity contribution >= 4 is 5.84 Å². The van der Waals surface area contributed by atoms with E-state index in [4.69, 9.17) is 11.1 Å². The van der Waals surface area contributed by atoms with Crippen molar-refractivity contribution < 1.29 is 0 Å². The van der Waals surface area contributed by atoms with Crippen molar-refractivity contribution in [3.63, 3.8) is 0 Å². The molecule has 20 heavy (non-hydrogen) atoms. The van der Waals surface area contributed by atoms with Gasteiger partial charge in [-0.1, -0.05) is 38.1 Å². The number of benzene rings is 1. The van der Waals surface area contributed by atoms with Gasteiger partial charge in [0, 0.05) is 19.0 Å². The number of amidine groups is 1. The Morgan fingerprint density at radius 3 is 2.90 bits per heavy atom. The van der Waals surface area contributed by atoms with E-state index in [9.17, 15) is 0 Å². The first-order chi connectivity index (χ1) is 9.61. The van der Waals surface area contributed by atoms with Crippen molar-refractivity contribution in [3.8, 4) is 0 Å². The number of nitrogens with one attached hydrogen (secondary N) is 1. The van der Waals surface area contributed by atoms with E-state index in [1.165, 1.54) is 30.4 Å². The third-order valence-electron chi connectivity index (χ3n) is 4.48. The Bertz CT molecular complexity index is 455. The first kappa shape index (κ1) is 15.0. The zero-order chi connectivity index (χ0) is 14.5. The largest absolute Gasteiger partial charge is 0.387 e. The highest BCUT2D eigenvalue weighted by Gasteiger charge is 2.22. The third-order valence-corrected chi connectivity index (χ3v) is 4.48. The fourth-order valence-electron chi connectivity index (χ4n) is 3.17. The predicted octanol–water partition coefficient (Wildman–Crippen LogP) is 3.00. The summed E-state index contributed by atoms with van der Waals surface area (Å²) in [6.07, 6.45) is 3.80. The minimum atomic E-state index is 0.147. The number of nitrogens with two attached hydrogens (primary N) is 1. The summed E-state index contributed by atoms with van der Waals surface area (Å²) in [5, 5.41) is 7.56. The summed E-state index contributed by atoms with van der Waals surface area (Å²) < 4.78 is 0. The Balaban J connectivity index is 2.03. The van der Waals surface area contributed by atoms with Gasteiger partial charge in [-0.3, -0.25) is 5.41 Å². The molecule has 0 aromatic heterocycles. The van der Waals surface area contributed by atoms with E-state index in [2.05, 4.69) is 36.1 Å². The van der Waals surface area contributed by atoms with Crippen molar-refractivity contribution in [3.05, 3.63) is 35.4 Å². The van der Waals surface area contributed by atoms with E-state index in [1.807, 2.05) is 6.92 Å². The highest BCUT2D eigenvalue weighted by molar-refractivity contribution is 5.79. The molecule has 110 valence electrons. The van der Waals surface area contributed by atoms with Crippen molar-refractivity contribution in [2.75, 3.05) is 19.6 Å². The van der Waals surface area contributed by atoms with Crippen LogP contribution in [-0.2, 0) is 6.42 Å². The molecule has 0 amide bonds. The topological polar surface area (TPSA) is 53.1 Å². The van der Waals surface area contributed by atoms with Crippen LogP contribution in [0.3, 0.4) is 0 Å². The molecule has 0 heterocycles. The molecule has 1 aromatic rings. The van der Waals surface area contributed by atoms with Crippen LogP contribution in [0.4, 0.5) is 0 Å². The lowest BCUT2D eigenvalue weighted by atomic mass is 9.82. The van der Waals surface area contributed by atoms with Crippen LogP contribution in [-0.4, -0.2) is 30.4 Å². The van der Waals surface area contributed by atoms with E-state index in [0.29, 0.717) is 11.8 Å². The van der Waals surface area contributed by atoms with Gasteiger partial charge in [0.25, 0.3) is 0 Å². The van der Waals surface area contributed by atoms with Crippen LogP contribution in [0.1, 0.15) is 43.7 Å². The second-order valence-electron chi connectivity index (χ2n) is 6.00. The summed E-state index contributed by atoms with van der Waals surface area (Å²) >= 11 is 0. The average molecular weight is 273 g/mol. The molecule has 3 heteroatoms. The van der Waals surface area contributed by atoms with Crippen molar-refractivity contribution in [1.29, 1.82) is 5.41 Å². The zero-order valence-corrected chi connectivity index (χ0v) is 12.7. The Labute approximate surface area is 122 Å². The van der Waals surface area contributed by atoms with Gasteiger partial charge in [-0.15, -0.1) is 0 Å². The van der Waals surface area contributed by atoms with Gasteiger partial charge >= 0.3 is 0 Å². The maximum atomic E-state index is 7.56. The molecule has 0 saturated carbocycles. The molecule has 0 saturated heterocycles. The SMILES string of the molecule is CCN(CC(C)C(=N)N)CC1CCCc2ccccc21. The lowest BCUT2D eigenvalue weighted by Crippen LogP contribution is -2.37. The Kier molecular flexibility index (Phi) is 5.18. The van der Waals surface area contributed by atoms with Crippen molar-refractivity contribution in [2.24, 2.45) is 11.7 Å². The van der Waals surface area contributed by atoms with Crippen LogP contribution < -0.4 is 5.73 Å². The number of rotatable bonds is 6. The van der Waals surface area contributed by atoms with E-state index in [1.54, 1.807) is 0 Å². The molecular formula is C17H27N3. The van der Waals surface area contributed by atoms with Crippen molar-refractivity contribution in [1.82, 2.24) is 4.90 Å². The van der Waals surface area contributed by atoms with Crippen LogP contribution in [0.2, 0.25) is 0 Å². The maximum absolute atomic E-state index is 7.56. The summed E-state index contributed by atoms with van der Waals surface area (Å²) in [5.41, 5.74) is 8.67. The molecule has 0 bridgehead atoms. The molecule has 2 rings (SSSR count). The Morgan fingerprint density at radius 1 is 1.45 bits per heavy atom. The zero-order valence-electron chi connectivity index (χ0n) is 12.7. The number of fused-ring (bicyclic) bond motifs is 1. The predicted molar refractivity (Wildman–Crippen MR) is 85.3 cm³/mol. The van der Waals surface area contributed by atoms with Gasteiger partial charge in [0.2, 0.25) is 0 Å². The summed E-state index contributed by atoms with van der Waals surface area (Å²) in [4.78, 5) is 2.44. The fourth-order valence-corrected chi connectivity index (χ4v) is 3.17. The quantitative estimate of drug-likeness (QED) is 0.618. The number of hydrogen-bond donors (Lipinski definition) is 2. The van der Waals surface area contributed by atoms with Crippen LogP contribution in [0.15, 0.2) is 24.3 Å².